The van der Waals surface area contributed by atoms with Crippen LogP contribution in [0.5, 0.6) is 0 Å². The third kappa shape index (κ3) is 9.87. The van der Waals surface area contributed by atoms with Gasteiger partial charge in [0.2, 0.25) is 5.91 Å². The molecule has 5 heteroatoms. The molecule has 15 heavy (non-hydrogen) atoms. The summed E-state index contributed by atoms with van der Waals surface area (Å²) >= 11 is 0. The summed E-state index contributed by atoms with van der Waals surface area (Å²) in [5.41, 5.74) is 0. The first kappa shape index (κ1) is 14.6. The highest BCUT2D eigenvalue weighted by molar-refractivity contribution is 7.84. The summed E-state index contributed by atoms with van der Waals surface area (Å²) in [5.74, 6) is 0.688. The van der Waals surface area contributed by atoms with Gasteiger partial charge in [-0.3, -0.25) is 9.00 Å². The lowest BCUT2D eigenvalue weighted by molar-refractivity contribution is -0.121. The second kappa shape index (κ2) is 7.82. The minimum absolute atomic E-state index is 0.0577. The van der Waals surface area contributed by atoms with Crippen molar-refractivity contribution < 1.29 is 9.00 Å². The van der Waals surface area contributed by atoms with Gasteiger partial charge in [-0.15, -0.1) is 0 Å². The molecule has 0 aromatic carbocycles. The normalized spacial score (nSPS) is 15.0. The number of hydrogen-bond acceptors (Lipinski definition) is 3. The van der Waals surface area contributed by atoms with Crippen LogP contribution in [-0.4, -0.2) is 40.8 Å². The van der Waals surface area contributed by atoms with Crippen molar-refractivity contribution in [1.29, 1.82) is 0 Å². The fourth-order valence-corrected chi connectivity index (χ4v) is 2.06. The zero-order valence-corrected chi connectivity index (χ0v) is 10.8. The van der Waals surface area contributed by atoms with Crippen molar-refractivity contribution in [2.75, 3.05) is 18.6 Å². The Morgan fingerprint density at radius 1 is 1.33 bits per heavy atom. The van der Waals surface area contributed by atoms with Crippen LogP contribution in [0.2, 0.25) is 0 Å². The maximum Gasteiger partial charge on any atom is 0.221 e. The molecular formula is C10H22N2O2S. The summed E-state index contributed by atoms with van der Waals surface area (Å²) in [7, 11) is -0.782. The molecule has 0 aliphatic carbocycles. The highest BCUT2D eigenvalue weighted by Gasteiger charge is 2.06. The van der Waals surface area contributed by atoms with Gasteiger partial charge in [-0.1, -0.05) is 0 Å². The fourth-order valence-electron chi connectivity index (χ4n) is 1.24. The first-order valence-corrected chi connectivity index (χ1v) is 6.97. The molecule has 4 nitrogen and oxygen atoms in total. The van der Waals surface area contributed by atoms with Gasteiger partial charge in [0.1, 0.15) is 0 Å². The molecule has 0 saturated carbocycles. The molecule has 0 heterocycles. The lowest BCUT2D eigenvalue weighted by Crippen LogP contribution is -2.36. The summed E-state index contributed by atoms with van der Waals surface area (Å²) in [4.78, 5) is 11.2. The Kier molecular flexibility index (Phi) is 7.60. The average Bonchev–Trinajstić information content (AvgIpc) is 2.00. The average molecular weight is 234 g/mol. The van der Waals surface area contributed by atoms with Crippen LogP contribution in [-0.2, 0) is 15.6 Å². The van der Waals surface area contributed by atoms with Crippen LogP contribution in [0.15, 0.2) is 0 Å². The zero-order valence-electron chi connectivity index (χ0n) is 10.0. The smallest absolute Gasteiger partial charge is 0.221 e. The van der Waals surface area contributed by atoms with E-state index in [2.05, 4.69) is 10.6 Å². The van der Waals surface area contributed by atoms with Crippen molar-refractivity contribution in [2.24, 2.45) is 0 Å². The monoisotopic (exact) mass is 234 g/mol. The summed E-state index contributed by atoms with van der Waals surface area (Å²) in [6, 6.07) is 0.390. The Hall–Kier alpha value is -0.420. The molecule has 2 unspecified atom stereocenters. The second-order valence-corrected chi connectivity index (χ2v) is 5.55. The van der Waals surface area contributed by atoms with E-state index in [1.54, 1.807) is 6.26 Å². The summed E-state index contributed by atoms with van der Waals surface area (Å²) in [6.07, 6.45) is 2.16. The molecule has 0 bridgehead atoms. The summed E-state index contributed by atoms with van der Waals surface area (Å²) < 4.78 is 10.9. The van der Waals surface area contributed by atoms with E-state index in [0.717, 1.165) is 0 Å². The van der Waals surface area contributed by atoms with E-state index in [0.29, 0.717) is 18.7 Å². The third-order valence-electron chi connectivity index (χ3n) is 1.78. The van der Waals surface area contributed by atoms with Crippen molar-refractivity contribution in [3.8, 4) is 0 Å². The standard InChI is InChI=1S/C10H22N2O2S/c1-8(2)12-10(13)5-6-11-9(3)7-15(4)14/h8-9,11H,5-7H2,1-4H3,(H,12,13). The first-order valence-electron chi connectivity index (χ1n) is 5.24. The Morgan fingerprint density at radius 2 is 1.93 bits per heavy atom. The molecule has 0 aromatic heterocycles. The predicted molar refractivity (Wildman–Crippen MR) is 64.3 cm³/mol. The maximum atomic E-state index is 11.2. The molecule has 2 N–H and O–H groups in total. The molecule has 0 saturated heterocycles. The fraction of sp³-hybridized carbons (Fsp3) is 0.900. The minimum atomic E-state index is -0.782. The van der Waals surface area contributed by atoms with Crippen molar-refractivity contribution in [3.63, 3.8) is 0 Å². The number of carbonyl (C=O) groups is 1. The number of hydrogen-bond donors (Lipinski definition) is 2. The van der Waals surface area contributed by atoms with Crippen molar-refractivity contribution >= 4 is 16.7 Å². The van der Waals surface area contributed by atoms with Crippen LogP contribution in [0.1, 0.15) is 27.2 Å². The Labute approximate surface area is 94.7 Å². The van der Waals surface area contributed by atoms with E-state index in [1.165, 1.54) is 0 Å². The van der Waals surface area contributed by atoms with Crippen LogP contribution in [0.25, 0.3) is 0 Å². The maximum absolute atomic E-state index is 11.2. The molecule has 0 aliphatic heterocycles. The number of carbonyl (C=O) groups excluding carboxylic acids is 1. The van der Waals surface area contributed by atoms with Gasteiger partial charge in [0.05, 0.1) is 0 Å². The van der Waals surface area contributed by atoms with Gasteiger partial charge in [-0.05, 0) is 20.8 Å². The van der Waals surface area contributed by atoms with E-state index in [-0.39, 0.29) is 18.0 Å². The van der Waals surface area contributed by atoms with E-state index >= 15 is 0 Å². The van der Waals surface area contributed by atoms with E-state index in [4.69, 9.17) is 0 Å². The molecule has 0 aromatic rings. The molecule has 0 aliphatic rings. The molecular weight excluding hydrogens is 212 g/mol. The Bertz CT molecular complexity index is 219. The quantitative estimate of drug-likeness (QED) is 0.664. The van der Waals surface area contributed by atoms with Crippen molar-refractivity contribution in [3.05, 3.63) is 0 Å². The summed E-state index contributed by atoms with van der Waals surface area (Å²) in [6.45, 7) is 6.49. The number of amides is 1. The van der Waals surface area contributed by atoms with Crippen LogP contribution in [0.3, 0.4) is 0 Å². The predicted octanol–water partition coefficient (Wildman–Crippen LogP) is 0.258. The van der Waals surface area contributed by atoms with Gasteiger partial charge in [0.15, 0.2) is 0 Å². The van der Waals surface area contributed by atoms with Crippen LogP contribution >= 0.6 is 0 Å². The van der Waals surface area contributed by atoms with Crippen LogP contribution in [0, 0.1) is 0 Å². The SMILES string of the molecule is CC(C)NC(=O)CCNC(C)CS(C)=O. The van der Waals surface area contributed by atoms with Gasteiger partial charge >= 0.3 is 0 Å². The Morgan fingerprint density at radius 3 is 2.40 bits per heavy atom. The summed E-state index contributed by atoms with van der Waals surface area (Å²) in [5, 5.41) is 5.98. The van der Waals surface area contributed by atoms with Crippen molar-refractivity contribution in [1.82, 2.24) is 10.6 Å². The highest BCUT2D eigenvalue weighted by Crippen LogP contribution is 1.87. The van der Waals surface area contributed by atoms with Gasteiger partial charge in [0.25, 0.3) is 0 Å². The number of nitrogens with one attached hydrogen (secondary N) is 2. The van der Waals surface area contributed by atoms with Gasteiger partial charge < -0.3 is 10.6 Å². The zero-order chi connectivity index (χ0) is 11.8. The molecule has 0 fully saturated rings. The largest absolute Gasteiger partial charge is 0.354 e. The molecule has 90 valence electrons. The first-order chi connectivity index (χ1) is 6.91. The molecule has 0 radical (unpaired) electrons. The Balaban J connectivity index is 3.52. The highest BCUT2D eigenvalue weighted by atomic mass is 32.2. The lowest BCUT2D eigenvalue weighted by Gasteiger charge is -2.12. The molecule has 2 atom stereocenters. The van der Waals surface area contributed by atoms with Crippen LogP contribution in [0.4, 0.5) is 0 Å². The number of rotatable bonds is 7. The van der Waals surface area contributed by atoms with Crippen molar-refractivity contribution in [2.45, 2.75) is 39.3 Å². The third-order valence-corrected chi connectivity index (χ3v) is 2.75. The molecule has 1 amide bonds. The second-order valence-electron chi connectivity index (χ2n) is 4.07. The van der Waals surface area contributed by atoms with E-state index in [9.17, 15) is 9.00 Å². The lowest BCUT2D eigenvalue weighted by atomic mass is 10.3. The van der Waals surface area contributed by atoms with E-state index < -0.39 is 10.8 Å². The molecule has 0 rings (SSSR count). The van der Waals surface area contributed by atoms with Gasteiger partial charge in [-0.2, -0.15) is 0 Å². The minimum Gasteiger partial charge on any atom is -0.354 e. The van der Waals surface area contributed by atoms with Gasteiger partial charge in [-0.25, -0.2) is 0 Å². The van der Waals surface area contributed by atoms with E-state index in [1.807, 2.05) is 20.8 Å². The molecule has 0 spiro atoms. The van der Waals surface area contributed by atoms with Crippen LogP contribution < -0.4 is 10.6 Å². The van der Waals surface area contributed by atoms with Gasteiger partial charge in [0, 0.05) is 47.9 Å². The topological polar surface area (TPSA) is 58.2 Å².